The number of hydrogen-bond acceptors (Lipinski definition) is 3. The molecule has 0 saturated carbocycles. The average molecular weight is 374 g/mol. The summed E-state index contributed by atoms with van der Waals surface area (Å²) in [6.07, 6.45) is 0. The van der Waals surface area contributed by atoms with Gasteiger partial charge in [-0.05, 0) is 46.3 Å². The van der Waals surface area contributed by atoms with Gasteiger partial charge in [0.15, 0.2) is 24.0 Å². The van der Waals surface area contributed by atoms with E-state index in [2.05, 4.69) is 15.9 Å². The summed E-state index contributed by atoms with van der Waals surface area (Å²) in [4.78, 5) is 12.0. The molecule has 2 aromatic rings. The lowest BCUT2D eigenvalue weighted by molar-refractivity contribution is 0.0919. The molecule has 0 unspecified atom stereocenters. The molecule has 2 aromatic carbocycles. The van der Waals surface area contributed by atoms with Crippen molar-refractivity contribution in [1.82, 2.24) is 0 Å². The van der Waals surface area contributed by atoms with E-state index in [0.29, 0.717) is 15.8 Å². The van der Waals surface area contributed by atoms with Crippen LogP contribution in [0.25, 0.3) is 0 Å². The molecule has 110 valence electrons. The Morgan fingerprint density at radius 2 is 2.10 bits per heavy atom. The summed E-state index contributed by atoms with van der Waals surface area (Å²) in [6, 6.07) is 9.07. The SMILES string of the molecule is COc1ccc(C(=O)COc2c(F)cccc2Cl)cc1Br. The van der Waals surface area contributed by atoms with E-state index in [0.717, 1.165) is 0 Å². The fraction of sp³-hybridized carbons (Fsp3) is 0.133. The van der Waals surface area contributed by atoms with E-state index in [9.17, 15) is 9.18 Å². The zero-order valence-corrected chi connectivity index (χ0v) is 13.4. The zero-order chi connectivity index (χ0) is 15.4. The van der Waals surface area contributed by atoms with Crippen LogP contribution in [0.3, 0.4) is 0 Å². The lowest BCUT2D eigenvalue weighted by atomic mass is 10.1. The molecule has 2 rings (SSSR count). The molecule has 0 aromatic heterocycles. The highest BCUT2D eigenvalue weighted by molar-refractivity contribution is 9.10. The molecule has 6 heteroatoms. The van der Waals surface area contributed by atoms with Gasteiger partial charge < -0.3 is 9.47 Å². The first-order valence-corrected chi connectivity index (χ1v) is 7.13. The second-order valence-corrected chi connectivity index (χ2v) is 5.37. The van der Waals surface area contributed by atoms with Crippen LogP contribution >= 0.6 is 27.5 Å². The second kappa shape index (κ2) is 6.91. The number of ketones is 1. The van der Waals surface area contributed by atoms with Crippen molar-refractivity contribution in [3.8, 4) is 11.5 Å². The van der Waals surface area contributed by atoms with E-state index in [1.807, 2.05) is 0 Å². The van der Waals surface area contributed by atoms with Crippen LogP contribution in [0.2, 0.25) is 5.02 Å². The molecule has 0 spiro atoms. The van der Waals surface area contributed by atoms with Gasteiger partial charge in [-0.25, -0.2) is 4.39 Å². The minimum atomic E-state index is -0.605. The average Bonchev–Trinajstić information content (AvgIpc) is 2.46. The van der Waals surface area contributed by atoms with E-state index in [4.69, 9.17) is 21.1 Å². The van der Waals surface area contributed by atoms with E-state index >= 15 is 0 Å². The van der Waals surface area contributed by atoms with Gasteiger partial charge in [0.2, 0.25) is 0 Å². The van der Waals surface area contributed by atoms with Crippen molar-refractivity contribution in [3.05, 3.63) is 57.3 Å². The Morgan fingerprint density at radius 1 is 1.33 bits per heavy atom. The Balaban J connectivity index is 2.10. The van der Waals surface area contributed by atoms with E-state index < -0.39 is 5.82 Å². The van der Waals surface area contributed by atoms with Crippen molar-refractivity contribution < 1.29 is 18.7 Å². The van der Waals surface area contributed by atoms with Crippen LogP contribution < -0.4 is 9.47 Å². The van der Waals surface area contributed by atoms with Crippen LogP contribution in [0, 0.1) is 5.82 Å². The van der Waals surface area contributed by atoms with Crippen molar-refractivity contribution in [3.63, 3.8) is 0 Å². The van der Waals surface area contributed by atoms with Crippen molar-refractivity contribution in [1.29, 1.82) is 0 Å². The third kappa shape index (κ3) is 3.74. The van der Waals surface area contributed by atoms with Gasteiger partial charge >= 0.3 is 0 Å². The molecule has 0 bridgehead atoms. The molecule has 0 heterocycles. The predicted octanol–water partition coefficient (Wildman–Crippen LogP) is 4.51. The third-order valence-electron chi connectivity index (χ3n) is 2.74. The minimum absolute atomic E-state index is 0.124. The maximum absolute atomic E-state index is 13.5. The van der Waals surface area contributed by atoms with Crippen LogP contribution in [-0.2, 0) is 0 Å². The van der Waals surface area contributed by atoms with Gasteiger partial charge in [0.05, 0.1) is 16.6 Å². The number of hydrogen-bond donors (Lipinski definition) is 0. The first-order valence-electron chi connectivity index (χ1n) is 5.96. The summed E-state index contributed by atoms with van der Waals surface area (Å²) in [5, 5.41) is 0.124. The first-order chi connectivity index (χ1) is 10.0. The Kier molecular flexibility index (Phi) is 5.20. The second-order valence-electron chi connectivity index (χ2n) is 4.11. The molecule has 0 saturated heterocycles. The predicted molar refractivity (Wildman–Crippen MR) is 81.9 cm³/mol. The molecule has 0 atom stereocenters. The molecule has 0 radical (unpaired) electrons. The van der Waals surface area contributed by atoms with Crippen LogP contribution in [0.4, 0.5) is 4.39 Å². The lowest BCUT2D eigenvalue weighted by Crippen LogP contribution is -2.12. The van der Waals surface area contributed by atoms with Gasteiger partial charge in [0, 0.05) is 5.56 Å². The number of ether oxygens (including phenoxy) is 2. The van der Waals surface area contributed by atoms with Crippen molar-refractivity contribution in [2.24, 2.45) is 0 Å². The molecular weight excluding hydrogens is 363 g/mol. The molecular formula is C15H11BrClFO3. The van der Waals surface area contributed by atoms with Crippen LogP contribution in [0.15, 0.2) is 40.9 Å². The van der Waals surface area contributed by atoms with Crippen molar-refractivity contribution in [2.75, 3.05) is 13.7 Å². The van der Waals surface area contributed by atoms with Gasteiger partial charge in [0.25, 0.3) is 0 Å². The maximum Gasteiger partial charge on any atom is 0.200 e. The maximum atomic E-state index is 13.5. The van der Waals surface area contributed by atoms with Gasteiger partial charge in [-0.1, -0.05) is 17.7 Å². The van der Waals surface area contributed by atoms with E-state index in [-0.39, 0.29) is 23.2 Å². The van der Waals surface area contributed by atoms with Gasteiger partial charge in [-0.2, -0.15) is 0 Å². The fourth-order valence-corrected chi connectivity index (χ4v) is 2.44. The molecule has 21 heavy (non-hydrogen) atoms. The van der Waals surface area contributed by atoms with Crippen molar-refractivity contribution in [2.45, 2.75) is 0 Å². The number of carbonyl (C=O) groups is 1. The monoisotopic (exact) mass is 372 g/mol. The Bertz CT molecular complexity index is 656. The Hall–Kier alpha value is -1.59. The Labute approximate surface area is 134 Å². The summed E-state index contributed by atoms with van der Waals surface area (Å²) in [5.74, 6) is -0.409. The lowest BCUT2D eigenvalue weighted by Gasteiger charge is -2.09. The van der Waals surface area contributed by atoms with Crippen LogP contribution in [0.1, 0.15) is 10.4 Å². The first kappa shape index (κ1) is 15.8. The standard InChI is InChI=1S/C15H11BrClFO3/c1-20-14-6-5-9(7-10(14)16)13(19)8-21-15-11(17)3-2-4-12(15)18/h2-7H,8H2,1H3. The quantitative estimate of drug-likeness (QED) is 0.723. The molecule has 0 aliphatic carbocycles. The highest BCUT2D eigenvalue weighted by atomic mass is 79.9. The van der Waals surface area contributed by atoms with Crippen LogP contribution in [-0.4, -0.2) is 19.5 Å². The summed E-state index contributed by atoms with van der Waals surface area (Å²) < 4.78 is 24.4. The normalized spacial score (nSPS) is 10.3. The number of rotatable bonds is 5. The molecule has 3 nitrogen and oxygen atoms in total. The topological polar surface area (TPSA) is 35.5 Å². The molecule has 0 amide bonds. The van der Waals surface area contributed by atoms with E-state index in [1.54, 1.807) is 18.2 Å². The fourth-order valence-electron chi connectivity index (χ4n) is 1.68. The van der Waals surface area contributed by atoms with Crippen LogP contribution in [0.5, 0.6) is 11.5 Å². The van der Waals surface area contributed by atoms with Gasteiger partial charge in [0.1, 0.15) is 5.75 Å². The van der Waals surface area contributed by atoms with Gasteiger partial charge in [-0.3, -0.25) is 4.79 Å². The summed E-state index contributed by atoms with van der Waals surface area (Å²) in [5.41, 5.74) is 0.426. The number of para-hydroxylation sites is 1. The molecule has 0 fully saturated rings. The molecule has 0 aliphatic heterocycles. The van der Waals surface area contributed by atoms with Gasteiger partial charge in [-0.15, -0.1) is 0 Å². The Morgan fingerprint density at radius 3 is 2.71 bits per heavy atom. The summed E-state index contributed by atoms with van der Waals surface area (Å²) >= 11 is 9.12. The number of carbonyl (C=O) groups excluding carboxylic acids is 1. The zero-order valence-electron chi connectivity index (χ0n) is 11.0. The van der Waals surface area contributed by atoms with E-state index in [1.165, 1.54) is 25.3 Å². The highest BCUT2D eigenvalue weighted by Crippen LogP contribution is 2.28. The number of benzene rings is 2. The highest BCUT2D eigenvalue weighted by Gasteiger charge is 2.13. The van der Waals surface area contributed by atoms with Crippen molar-refractivity contribution >= 4 is 33.3 Å². The third-order valence-corrected chi connectivity index (χ3v) is 3.66. The number of halogens is 3. The minimum Gasteiger partial charge on any atom is -0.496 e. The number of methoxy groups -OCH3 is 1. The summed E-state index contributed by atoms with van der Waals surface area (Å²) in [7, 11) is 1.53. The smallest absolute Gasteiger partial charge is 0.200 e. The largest absolute Gasteiger partial charge is 0.496 e. The number of Topliss-reactive ketones (excluding diaryl/α,β-unsaturated/α-hetero) is 1. The molecule has 0 N–H and O–H groups in total. The summed E-state index contributed by atoms with van der Waals surface area (Å²) in [6.45, 7) is -0.306. The molecule has 0 aliphatic rings.